The average Bonchev–Trinajstić information content (AvgIpc) is 3.31. The van der Waals surface area contributed by atoms with Gasteiger partial charge in [-0.25, -0.2) is 9.97 Å². The first-order valence-electron chi connectivity index (χ1n) is 7.69. The summed E-state index contributed by atoms with van der Waals surface area (Å²) in [4.78, 5) is 12.0. The summed E-state index contributed by atoms with van der Waals surface area (Å²) in [6, 6.07) is 2.62. The van der Waals surface area contributed by atoms with Crippen LogP contribution in [0.4, 0.5) is 5.82 Å². The molecule has 3 fully saturated rings. The highest BCUT2D eigenvalue weighted by Gasteiger charge is 2.32. The molecule has 3 aliphatic rings. The Kier molecular flexibility index (Phi) is 2.72. The average molecular weight is 258 g/mol. The second kappa shape index (κ2) is 4.44. The Bertz CT molecular complexity index is 441. The molecule has 2 saturated carbocycles. The molecule has 0 amide bonds. The number of anilines is 1. The van der Waals surface area contributed by atoms with Crippen molar-refractivity contribution in [1.82, 2.24) is 9.97 Å². The first-order valence-corrected chi connectivity index (χ1v) is 7.69. The molecule has 0 bridgehead atoms. The summed E-state index contributed by atoms with van der Waals surface area (Å²) >= 11 is 0. The van der Waals surface area contributed by atoms with Gasteiger partial charge >= 0.3 is 0 Å². The molecule has 1 saturated heterocycles. The van der Waals surface area contributed by atoms with Crippen LogP contribution in [-0.2, 0) is 0 Å². The molecule has 4 heteroatoms. The van der Waals surface area contributed by atoms with E-state index in [1.807, 2.05) is 0 Å². The van der Waals surface area contributed by atoms with E-state index in [-0.39, 0.29) is 0 Å². The molecule has 1 aromatic rings. The molecule has 1 aromatic heterocycles. The lowest BCUT2D eigenvalue weighted by Crippen LogP contribution is -2.40. The van der Waals surface area contributed by atoms with E-state index in [1.54, 1.807) is 0 Å². The van der Waals surface area contributed by atoms with Crippen LogP contribution >= 0.6 is 0 Å². The Balaban J connectivity index is 1.62. The molecular formula is C15H22N4. The highest BCUT2D eigenvalue weighted by Crippen LogP contribution is 2.43. The number of nitrogens with two attached hydrogens (primary N) is 1. The lowest BCUT2D eigenvalue weighted by molar-refractivity contribution is 0.497. The first-order chi connectivity index (χ1) is 9.29. The Morgan fingerprint density at radius 3 is 2.26 bits per heavy atom. The van der Waals surface area contributed by atoms with Crippen LogP contribution in [0.15, 0.2) is 6.07 Å². The first kappa shape index (κ1) is 11.6. The van der Waals surface area contributed by atoms with Crippen molar-refractivity contribution in [3.8, 4) is 0 Å². The third-order valence-corrected chi connectivity index (χ3v) is 4.55. The van der Waals surface area contributed by atoms with Crippen molar-refractivity contribution in [3.05, 3.63) is 17.6 Å². The van der Waals surface area contributed by atoms with Crippen molar-refractivity contribution in [3.63, 3.8) is 0 Å². The van der Waals surface area contributed by atoms with E-state index in [0.29, 0.717) is 17.9 Å². The van der Waals surface area contributed by atoms with Gasteiger partial charge in [0.05, 0.1) is 0 Å². The summed E-state index contributed by atoms with van der Waals surface area (Å²) in [6.45, 7) is 2.10. The normalized spacial score (nSPS) is 24.8. The van der Waals surface area contributed by atoms with Crippen molar-refractivity contribution < 1.29 is 0 Å². The summed E-state index contributed by atoms with van der Waals surface area (Å²) in [5.74, 6) is 3.62. The van der Waals surface area contributed by atoms with E-state index < -0.39 is 0 Å². The molecule has 2 N–H and O–H groups in total. The van der Waals surface area contributed by atoms with E-state index in [4.69, 9.17) is 15.7 Å². The zero-order chi connectivity index (χ0) is 12.8. The largest absolute Gasteiger partial charge is 0.356 e. The second-order valence-corrected chi connectivity index (χ2v) is 6.38. The quantitative estimate of drug-likeness (QED) is 0.902. The fourth-order valence-corrected chi connectivity index (χ4v) is 2.87. The van der Waals surface area contributed by atoms with Gasteiger partial charge in [-0.2, -0.15) is 0 Å². The van der Waals surface area contributed by atoms with Gasteiger partial charge in [0.2, 0.25) is 0 Å². The number of hydrogen-bond acceptors (Lipinski definition) is 4. The van der Waals surface area contributed by atoms with Crippen molar-refractivity contribution in [2.45, 2.75) is 56.4 Å². The van der Waals surface area contributed by atoms with Crippen LogP contribution in [0.1, 0.15) is 61.9 Å². The summed E-state index contributed by atoms with van der Waals surface area (Å²) in [5, 5.41) is 0. The van der Waals surface area contributed by atoms with Gasteiger partial charge < -0.3 is 10.6 Å². The third kappa shape index (κ3) is 2.46. The molecule has 0 unspecified atom stereocenters. The predicted molar refractivity (Wildman–Crippen MR) is 75.4 cm³/mol. The molecule has 4 nitrogen and oxygen atoms in total. The fourth-order valence-electron chi connectivity index (χ4n) is 2.87. The van der Waals surface area contributed by atoms with Crippen LogP contribution in [0.2, 0.25) is 0 Å². The van der Waals surface area contributed by atoms with E-state index in [2.05, 4.69) is 11.0 Å². The minimum absolute atomic E-state index is 0.379. The van der Waals surface area contributed by atoms with Crippen LogP contribution < -0.4 is 10.6 Å². The molecule has 1 aliphatic heterocycles. The van der Waals surface area contributed by atoms with Gasteiger partial charge in [0.1, 0.15) is 11.6 Å². The molecule has 4 rings (SSSR count). The molecular weight excluding hydrogens is 236 g/mol. The lowest BCUT2D eigenvalue weighted by Gasteiger charge is -2.31. The monoisotopic (exact) mass is 258 g/mol. The zero-order valence-corrected chi connectivity index (χ0v) is 11.4. The number of nitrogens with zero attached hydrogens (tertiary/aromatic N) is 3. The Labute approximate surface area is 114 Å². The van der Waals surface area contributed by atoms with Gasteiger partial charge in [0.25, 0.3) is 0 Å². The van der Waals surface area contributed by atoms with Crippen molar-refractivity contribution in [2.24, 2.45) is 5.73 Å². The van der Waals surface area contributed by atoms with Crippen LogP contribution in [0, 0.1) is 0 Å². The maximum Gasteiger partial charge on any atom is 0.134 e. The van der Waals surface area contributed by atoms with Gasteiger partial charge in [-0.05, 0) is 38.5 Å². The maximum absolute atomic E-state index is 5.99. The van der Waals surface area contributed by atoms with Crippen molar-refractivity contribution in [1.29, 1.82) is 0 Å². The van der Waals surface area contributed by atoms with Gasteiger partial charge in [0.15, 0.2) is 0 Å². The summed E-state index contributed by atoms with van der Waals surface area (Å²) in [6.07, 6.45) is 7.34. The van der Waals surface area contributed by atoms with E-state index >= 15 is 0 Å². The minimum Gasteiger partial charge on any atom is -0.356 e. The number of rotatable bonds is 3. The van der Waals surface area contributed by atoms with Gasteiger partial charge in [-0.3, -0.25) is 0 Å². The summed E-state index contributed by atoms with van der Waals surface area (Å²) in [5.41, 5.74) is 7.29. The smallest absolute Gasteiger partial charge is 0.134 e. The highest BCUT2D eigenvalue weighted by molar-refractivity contribution is 5.42. The summed E-state index contributed by atoms with van der Waals surface area (Å²) < 4.78 is 0. The topological polar surface area (TPSA) is 55.0 Å². The van der Waals surface area contributed by atoms with Gasteiger partial charge in [-0.1, -0.05) is 0 Å². The molecule has 0 atom stereocenters. The van der Waals surface area contributed by atoms with Gasteiger partial charge in [0, 0.05) is 42.7 Å². The van der Waals surface area contributed by atoms with Crippen LogP contribution in [-0.4, -0.2) is 29.1 Å². The number of hydrogen-bond donors (Lipinski definition) is 1. The SMILES string of the molecule is NC1CCN(c2cc(C3CC3)nc(C3CC3)n2)CC1. The molecule has 0 radical (unpaired) electrons. The number of aromatic nitrogens is 2. The molecule has 19 heavy (non-hydrogen) atoms. The van der Waals surface area contributed by atoms with Crippen molar-refractivity contribution in [2.75, 3.05) is 18.0 Å². The van der Waals surface area contributed by atoms with Crippen LogP contribution in [0.25, 0.3) is 0 Å². The van der Waals surface area contributed by atoms with Crippen LogP contribution in [0.5, 0.6) is 0 Å². The Morgan fingerprint density at radius 1 is 0.947 bits per heavy atom. The molecule has 0 spiro atoms. The van der Waals surface area contributed by atoms with E-state index in [0.717, 1.165) is 37.6 Å². The lowest BCUT2D eigenvalue weighted by atomic mass is 10.1. The molecule has 102 valence electrons. The minimum atomic E-state index is 0.379. The number of piperidine rings is 1. The van der Waals surface area contributed by atoms with Crippen molar-refractivity contribution >= 4 is 5.82 Å². The summed E-state index contributed by atoms with van der Waals surface area (Å²) in [7, 11) is 0. The van der Waals surface area contributed by atoms with Crippen LogP contribution in [0.3, 0.4) is 0 Å². The standard InChI is InChI=1S/C15H22N4/c16-12-5-7-19(8-6-12)14-9-13(10-1-2-10)17-15(18-14)11-3-4-11/h9-12H,1-8,16H2. The highest BCUT2D eigenvalue weighted by atomic mass is 15.2. The molecule has 0 aromatic carbocycles. The Morgan fingerprint density at radius 2 is 1.63 bits per heavy atom. The fraction of sp³-hybridized carbons (Fsp3) is 0.733. The van der Waals surface area contributed by atoms with E-state index in [9.17, 15) is 0 Å². The maximum atomic E-state index is 5.99. The second-order valence-electron chi connectivity index (χ2n) is 6.38. The third-order valence-electron chi connectivity index (χ3n) is 4.55. The van der Waals surface area contributed by atoms with E-state index in [1.165, 1.54) is 31.4 Å². The zero-order valence-electron chi connectivity index (χ0n) is 11.4. The predicted octanol–water partition coefficient (Wildman–Crippen LogP) is 2.16. The molecule has 2 heterocycles. The Hall–Kier alpha value is -1.16. The van der Waals surface area contributed by atoms with Gasteiger partial charge in [-0.15, -0.1) is 0 Å². The molecule has 2 aliphatic carbocycles.